The van der Waals surface area contributed by atoms with Gasteiger partial charge in [-0.3, -0.25) is 14.2 Å². The molecular formula is C44H49FN6O5SSi. The Morgan fingerprint density at radius 2 is 1.50 bits per heavy atom. The number of nitrogens with one attached hydrogen (secondary N) is 1. The molecule has 1 saturated carbocycles. The van der Waals surface area contributed by atoms with E-state index >= 15 is 4.39 Å². The quantitative estimate of drug-likeness (QED) is 0.153. The highest BCUT2D eigenvalue weighted by molar-refractivity contribution is 7.21. The molecule has 1 amide bonds. The van der Waals surface area contributed by atoms with E-state index in [1.54, 1.807) is 25.4 Å². The predicted octanol–water partition coefficient (Wildman–Crippen LogP) is 6.27. The van der Waals surface area contributed by atoms with E-state index in [9.17, 15) is 14.4 Å². The second-order valence-corrected chi connectivity index (χ2v) is 21.7. The Labute approximate surface area is 341 Å². The predicted molar refractivity (Wildman–Crippen MR) is 226 cm³/mol. The molecule has 8 rings (SSSR count). The van der Waals surface area contributed by atoms with Gasteiger partial charge in [0.05, 0.1) is 30.4 Å². The number of rotatable bonds is 11. The Bertz CT molecular complexity index is 2500. The number of carbonyl (C=O) groups excluding carboxylic acids is 1. The van der Waals surface area contributed by atoms with Crippen LogP contribution in [0.2, 0.25) is 5.04 Å². The van der Waals surface area contributed by atoms with Crippen molar-refractivity contribution in [1.82, 2.24) is 29.4 Å². The molecule has 2 aliphatic rings. The van der Waals surface area contributed by atoms with Crippen molar-refractivity contribution in [1.29, 1.82) is 0 Å². The Balaban J connectivity index is 1.14. The number of carbonyl (C=O) groups is 1. The van der Waals surface area contributed by atoms with Crippen molar-refractivity contribution in [2.45, 2.75) is 103 Å². The van der Waals surface area contributed by atoms with Crippen LogP contribution in [0.1, 0.15) is 81.7 Å². The van der Waals surface area contributed by atoms with E-state index in [1.807, 2.05) is 19.1 Å². The van der Waals surface area contributed by atoms with E-state index in [1.165, 1.54) is 43.2 Å². The molecule has 1 aliphatic carbocycles. The highest BCUT2D eigenvalue weighted by Crippen LogP contribution is 2.40. The summed E-state index contributed by atoms with van der Waals surface area (Å²) in [6, 6.07) is 24.9. The van der Waals surface area contributed by atoms with E-state index in [-0.39, 0.29) is 29.7 Å². The Morgan fingerprint density at radius 3 is 2.09 bits per heavy atom. The molecule has 1 N–H and O–H groups in total. The van der Waals surface area contributed by atoms with Crippen LogP contribution in [0, 0.1) is 19.7 Å². The van der Waals surface area contributed by atoms with E-state index < -0.39 is 37.5 Å². The van der Waals surface area contributed by atoms with Gasteiger partial charge in [0.1, 0.15) is 27.8 Å². The summed E-state index contributed by atoms with van der Waals surface area (Å²) in [7, 11) is -2.78. The topological polar surface area (TPSA) is 122 Å². The Hall–Kier alpha value is -5.02. The van der Waals surface area contributed by atoms with Gasteiger partial charge in [-0.05, 0) is 84.6 Å². The minimum atomic E-state index is -2.78. The number of fused-ring (bicyclic) bond motifs is 1. The lowest BCUT2D eigenvalue weighted by atomic mass is 9.94. The minimum absolute atomic E-state index is 0.00714. The molecule has 14 heteroatoms. The number of thiophene rings is 1. The molecule has 0 radical (unpaired) electrons. The third-order valence-electron chi connectivity index (χ3n) is 11.8. The lowest BCUT2D eigenvalue weighted by Crippen LogP contribution is -2.67. The summed E-state index contributed by atoms with van der Waals surface area (Å²) in [4.78, 5) is 43.7. The normalized spacial score (nSPS) is 19.4. The number of aromatic nitrogens is 5. The van der Waals surface area contributed by atoms with Gasteiger partial charge < -0.3 is 14.5 Å². The van der Waals surface area contributed by atoms with Crippen LogP contribution >= 0.6 is 11.3 Å². The van der Waals surface area contributed by atoms with Crippen LogP contribution in [0.3, 0.4) is 0 Å². The standard InChI is InChI=1S/C44H49FN6O5SSi/c1-28-16-17-30(45)26-35(28)37(27-49-42-38(29(2)41(57-42)51-47-24-25-48-51)40(53)50(43(49)54)36-22-23-46-39(36)52)55-31-18-20-32(21-19-31)56-58(44(3,4)5,33-12-8-6-9-13-33)34-14-10-7-11-15-34/h6-17,24-26,31-32,36-37H,18-23,27H2,1-5H3,(H,46,52)/t31-,32+,36-,37+/m1/s1. The van der Waals surface area contributed by atoms with Gasteiger partial charge in [-0.25, -0.2) is 13.8 Å². The van der Waals surface area contributed by atoms with Crippen LogP contribution in [0.5, 0.6) is 0 Å². The zero-order valence-corrected chi connectivity index (χ0v) is 35.3. The number of halogens is 1. The zero-order chi connectivity index (χ0) is 40.8. The first-order valence-electron chi connectivity index (χ1n) is 20.0. The first-order chi connectivity index (χ1) is 27.9. The lowest BCUT2D eigenvalue weighted by Gasteiger charge is -2.46. The molecule has 4 heterocycles. The van der Waals surface area contributed by atoms with Crippen LogP contribution in [-0.2, 0) is 20.5 Å². The molecule has 3 aromatic heterocycles. The van der Waals surface area contributed by atoms with Gasteiger partial charge in [0.15, 0.2) is 0 Å². The van der Waals surface area contributed by atoms with Gasteiger partial charge in [0.25, 0.3) is 13.9 Å². The number of hydrogen-bond acceptors (Lipinski definition) is 8. The van der Waals surface area contributed by atoms with Crippen molar-refractivity contribution in [3.8, 4) is 5.00 Å². The van der Waals surface area contributed by atoms with Crippen molar-refractivity contribution in [2.24, 2.45) is 0 Å². The van der Waals surface area contributed by atoms with E-state index in [0.29, 0.717) is 52.2 Å². The Kier molecular flexibility index (Phi) is 11.0. The number of benzene rings is 3. The van der Waals surface area contributed by atoms with Gasteiger partial charge in [-0.2, -0.15) is 10.2 Å². The summed E-state index contributed by atoms with van der Waals surface area (Å²) in [5.74, 6) is -0.793. The Morgan fingerprint density at radius 1 is 0.879 bits per heavy atom. The lowest BCUT2D eigenvalue weighted by molar-refractivity contribution is -0.122. The van der Waals surface area contributed by atoms with E-state index in [0.717, 1.165) is 23.0 Å². The average molecular weight is 821 g/mol. The maximum Gasteiger partial charge on any atom is 0.332 e. The molecule has 0 spiro atoms. The summed E-state index contributed by atoms with van der Waals surface area (Å²) >= 11 is 1.23. The molecule has 58 heavy (non-hydrogen) atoms. The van der Waals surface area contributed by atoms with Crippen LogP contribution < -0.4 is 26.9 Å². The smallest absolute Gasteiger partial charge is 0.332 e. The first kappa shape index (κ1) is 39.8. The second-order valence-electron chi connectivity index (χ2n) is 16.5. The fourth-order valence-electron chi connectivity index (χ4n) is 8.93. The number of aryl methyl sites for hydroxylation is 2. The third-order valence-corrected chi connectivity index (χ3v) is 18.2. The maximum atomic E-state index is 15.1. The molecule has 2 atom stereocenters. The summed E-state index contributed by atoms with van der Waals surface area (Å²) in [5, 5.41) is 14.6. The summed E-state index contributed by atoms with van der Waals surface area (Å²) in [6.45, 7) is 10.9. The largest absolute Gasteiger partial charge is 0.404 e. The molecule has 2 fully saturated rings. The highest BCUT2D eigenvalue weighted by atomic mass is 32.1. The molecular weight excluding hydrogens is 772 g/mol. The second kappa shape index (κ2) is 16.0. The van der Waals surface area contributed by atoms with Gasteiger partial charge in [-0.15, -0.1) is 4.80 Å². The number of nitrogens with zero attached hydrogens (tertiary/aromatic N) is 5. The van der Waals surface area contributed by atoms with Gasteiger partial charge >= 0.3 is 5.69 Å². The number of hydrogen-bond donors (Lipinski definition) is 1. The highest BCUT2D eigenvalue weighted by Gasteiger charge is 2.51. The number of amides is 1. The molecule has 1 saturated heterocycles. The number of ether oxygens (including phenoxy) is 1. The van der Waals surface area contributed by atoms with Gasteiger partial charge in [-0.1, -0.05) is 98.8 Å². The van der Waals surface area contributed by atoms with Crippen LogP contribution in [-0.4, -0.2) is 57.1 Å². The maximum absolute atomic E-state index is 15.1. The van der Waals surface area contributed by atoms with Gasteiger partial charge in [0, 0.05) is 18.2 Å². The van der Waals surface area contributed by atoms with E-state index in [2.05, 4.69) is 84.8 Å². The van der Waals surface area contributed by atoms with Crippen molar-refractivity contribution >= 4 is 46.2 Å². The summed E-state index contributed by atoms with van der Waals surface area (Å²) < 4.78 is 32.2. The fourth-order valence-corrected chi connectivity index (χ4v) is 14.9. The molecule has 6 aromatic rings. The van der Waals surface area contributed by atoms with Crippen molar-refractivity contribution < 1.29 is 18.3 Å². The van der Waals surface area contributed by atoms with E-state index in [4.69, 9.17) is 9.16 Å². The third kappa shape index (κ3) is 7.20. The zero-order valence-electron chi connectivity index (χ0n) is 33.5. The van der Waals surface area contributed by atoms with Crippen molar-refractivity contribution in [3.05, 3.63) is 135 Å². The molecule has 0 unspecified atom stereocenters. The molecule has 1 aliphatic heterocycles. The average Bonchev–Trinajstić information content (AvgIpc) is 3.98. The monoisotopic (exact) mass is 820 g/mol. The van der Waals surface area contributed by atoms with Crippen LogP contribution in [0.25, 0.3) is 15.2 Å². The molecule has 302 valence electrons. The fraction of sp³-hybridized carbons (Fsp3) is 0.386. The van der Waals surface area contributed by atoms with Crippen LogP contribution in [0.4, 0.5) is 4.39 Å². The van der Waals surface area contributed by atoms with Crippen molar-refractivity contribution in [3.63, 3.8) is 0 Å². The first-order valence-corrected chi connectivity index (χ1v) is 22.7. The molecule has 3 aromatic carbocycles. The minimum Gasteiger partial charge on any atom is -0.404 e. The van der Waals surface area contributed by atoms with Crippen molar-refractivity contribution in [2.75, 3.05) is 6.54 Å². The van der Waals surface area contributed by atoms with Crippen LogP contribution in [0.15, 0.2) is 101 Å². The summed E-state index contributed by atoms with van der Waals surface area (Å²) in [6.07, 6.45) is 5.35. The summed E-state index contributed by atoms with van der Waals surface area (Å²) in [5.41, 5.74) is 0.867. The van der Waals surface area contributed by atoms with Gasteiger partial charge in [0.2, 0.25) is 5.91 Å². The molecule has 11 nitrogen and oxygen atoms in total. The molecule has 0 bridgehead atoms. The SMILES string of the molecule is Cc1ccc(F)cc1[C@H](Cn1c(=O)n([C@@H]2CCNC2=O)c(=O)c2c(C)c(-n3nccn3)sc21)O[C@H]1CC[C@@H](O[Si](c2ccccc2)(c2ccccc2)C(C)(C)C)CC1.